The molecule has 0 aromatic heterocycles. The number of carbonyl (C=O) groups excluding carboxylic acids is 1. The third kappa shape index (κ3) is 3.19. The van der Waals surface area contributed by atoms with Crippen LogP contribution in [0.25, 0.3) is 0 Å². The van der Waals surface area contributed by atoms with Gasteiger partial charge < -0.3 is 9.47 Å². The number of hydrogen-bond donors (Lipinski definition) is 0. The molecule has 110 valence electrons. The number of methoxy groups -OCH3 is 1. The molecule has 1 fully saturated rings. The van der Waals surface area contributed by atoms with Gasteiger partial charge in [0.15, 0.2) is 5.78 Å². The molecular weight excluding hydrogens is 254 g/mol. The summed E-state index contributed by atoms with van der Waals surface area (Å²) in [5.41, 5.74) is 1.78. The van der Waals surface area contributed by atoms with Gasteiger partial charge in [0.05, 0.1) is 20.3 Å². The predicted octanol–water partition coefficient (Wildman–Crippen LogP) is 2.51. The molecule has 0 unspecified atom stereocenters. The van der Waals surface area contributed by atoms with Crippen LogP contribution in [0.15, 0.2) is 18.2 Å². The monoisotopic (exact) mass is 277 g/mol. The molecule has 0 bridgehead atoms. The normalized spacial score (nSPS) is 18.8. The van der Waals surface area contributed by atoms with E-state index in [0.29, 0.717) is 0 Å². The minimum atomic E-state index is -0.00447. The Morgan fingerprint density at radius 2 is 2.20 bits per heavy atom. The van der Waals surface area contributed by atoms with Gasteiger partial charge in [-0.3, -0.25) is 9.69 Å². The van der Waals surface area contributed by atoms with E-state index in [0.717, 1.165) is 43.2 Å². The largest absolute Gasteiger partial charge is 0.496 e. The molecule has 0 amide bonds. The fourth-order valence-electron chi connectivity index (χ4n) is 2.51. The maximum Gasteiger partial charge on any atom is 0.159 e. The van der Waals surface area contributed by atoms with Crippen molar-refractivity contribution in [1.82, 2.24) is 4.90 Å². The number of carbonyl (C=O) groups is 1. The summed E-state index contributed by atoms with van der Waals surface area (Å²) in [4.78, 5) is 13.9. The number of Topliss-reactive ketones (excluding diaryl/α,β-unsaturated/α-hetero) is 1. The van der Waals surface area contributed by atoms with Crippen LogP contribution in [0, 0.1) is 0 Å². The van der Waals surface area contributed by atoms with E-state index in [-0.39, 0.29) is 11.3 Å². The lowest BCUT2D eigenvalue weighted by Gasteiger charge is -2.42. The molecule has 4 nitrogen and oxygen atoms in total. The summed E-state index contributed by atoms with van der Waals surface area (Å²) in [6, 6.07) is 5.63. The molecule has 0 radical (unpaired) electrons. The minimum Gasteiger partial charge on any atom is -0.496 e. The molecular formula is C16H23NO3. The fraction of sp³-hybridized carbons (Fsp3) is 0.562. The molecule has 0 N–H and O–H groups in total. The first-order valence-corrected chi connectivity index (χ1v) is 6.95. The van der Waals surface area contributed by atoms with Crippen molar-refractivity contribution in [2.45, 2.75) is 32.9 Å². The van der Waals surface area contributed by atoms with E-state index in [1.807, 2.05) is 18.2 Å². The van der Waals surface area contributed by atoms with Gasteiger partial charge in [0, 0.05) is 29.8 Å². The molecule has 1 saturated heterocycles. The van der Waals surface area contributed by atoms with Crippen molar-refractivity contribution in [2.24, 2.45) is 0 Å². The van der Waals surface area contributed by atoms with Crippen LogP contribution < -0.4 is 4.74 Å². The zero-order valence-corrected chi connectivity index (χ0v) is 12.7. The highest BCUT2D eigenvalue weighted by Gasteiger charge is 2.31. The smallest absolute Gasteiger partial charge is 0.159 e. The van der Waals surface area contributed by atoms with Gasteiger partial charge in [-0.2, -0.15) is 0 Å². The Morgan fingerprint density at radius 3 is 2.80 bits per heavy atom. The molecule has 1 aliphatic heterocycles. The number of benzene rings is 1. The Morgan fingerprint density at radius 1 is 1.45 bits per heavy atom. The van der Waals surface area contributed by atoms with Crippen molar-refractivity contribution in [3.63, 3.8) is 0 Å². The van der Waals surface area contributed by atoms with E-state index < -0.39 is 0 Å². The van der Waals surface area contributed by atoms with Gasteiger partial charge in [-0.05, 0) is 39.0 Å². The summed E-state index contributed by atoms with van der Waals surface area (Å²) in [6.45, 7) is 9.06. The zero-order chi connectivity index (χ0) is 14.8. The van der Waals surface area contributed by atoms with Crippen LogP contribution in [0.5, 0.6) is 5.75 Å². The van der Waals surface area contributed by atoms with Crippen LogP contribution in [0.1, 0.15) is 36.7 Å². The molecule has 20 heavy (non-hydrogen) atoms. The molecule has 1 aromatic rings. The van der Waals surface area contributed by atoms with Crippen LogP contribution in [-0.2, 0) is 11.3 Å². The highest BCUT2D eigenvalue weighted by molar-refractivity contribution is 5.94. The molecule has 0 saturated carbocycles. The van der Waals surface area contributed by atoms with E-state index in [9.17, 15) is 4.79 Å². The summed E-state index contributed by atoms with van der Waals surface area (Å²) in [5, 5.41) is 0. The summed E-state index contributed by atoms with van der Waals surface area (Å²) >= 11 is 0. The Balaban J connectivity index is 2.26. The maximum atomic E-state index is 11.5. The van der Waals surface area contributed by atoms with Crippen molar-refractivity contribution in [3.8, 4) is 5.75 Å². The second-order valence-corrected chi connectivity index (χ2v) is 5.87. The summed E-state index contributed by atoms with van der Waals surface area (Å²) in [7, 11) is 1.66. The molecule has 0 atom stereocenters. The van der Waals surface area contributed by atoms with Crippen molar-refractivity contribution in [2.75, 3.05) is 26.9 Å². The van der Waals surface area contributed by atoms with Gasteiger partial charge in [0.25, 0.3) is 0 Å². The first kappa shape index (κ1) is 15.0. The molecule has 0 aliphatic carbocycles. The van der Waals surface area contributed by atoms with Crippen molar-refractivity contribution in [3.05, 3.63) is 29.3 Å². The fourth-order valence-corrected chi connectivity index (χ4v) is 2.51. The van der Waals surface area contributed by atoms with E-state index in [4.69, 9.17) is 9.47 Å². The van der Waals surface area contributed by atoms with Gasteiger partial charge in [-0.25, -0.2) is 0 Å². The van der Waals surface area contributed by atoms with Gasteiger partial charge >= 0.3 is 0 Å². The van der Waals surface area contributed by atoms with Crippen LogP contribution in [0.4, 0.5) is 0 Å². The summed E-state index contributed by atoms with van der Waals surface area (Å²) in [6.07, 6.45) is 0. The van der Waals surface area contributed by atoms with Crippen LogP contribution in [0.2, 0.25) is 0 Å². The van der Waals surface area contributed by atoms with Gasteiger partial charge in [-0.15, -0.1) is 0 Å². The Kier molecular flexibility index (Phi) is 4.45. The zero-order valence-electron chi connectivity index (χ0n) is 12.7. The average Bonchev–Trinajstić information content (AvgIpc) is 2.41. The average molecular weight is 277 g/mol. The van der Waals surface area contributed by atoms with Crippen molar-refractivity contribution >= 4 is 5.78 Å². The number of ether oxygens (including phenoxy) is 2. The van der Waals surface area contributed by atoms with Crippen LogP contribution in [-0.4, -0.2) is 43.1 Å². The maximum absolute atomic E-state index is 11.5. The van der Waals surface area contributed by atoms with E-state index in [1.165, 1.54) is 0 Å². The van der Waals surface area contributed by atoms with Gasteiger partial charge in [-0.1, -0.05) is 0 Å². The second kappa shape index (κ2) is 5.94. The quantitative estimate of drug-likeness (QED) is 0.793. The van der Waals surface area contributed by atoms with E-state index in [1.54, 1.807) is 14.0 Å². The lowest BCUT2D eigenvalue weighted by atomic mass is 10.00. The van der Waals surface area contributed by atoms with Crippen molar-refractivity contribution < 1.29 is 14.3 Å². The number of hydrogen-bond acceptors (Lipinski definition) is 4. The first-order chi connectivity index (χ1) is 9.44. The minimum absolute atomic E-state index is 0.00447. The van der Waals surface area contributed by atoms with Crippen molar-refractivity contribution in [1.29, 1.82) is 0 Å². The van der Waals surface area contributed by atoms with Crippen LogP contribution >= 0.6 is 0 Å². The number of morpholine rings is 1. The highest BCUT2D eigenvalue weighted by Crippen LogP contribution is 2.27. The first-order valence-electron chi connectivity index (χ1n) is 6.95. The number of nitrogens with zero attached hydrogens (tertiary/aromatic N) is 1. The molecule has 1 aromatic carbocycles. The number of ketones is 1. The lowest BCUT2D eigenvalue weighted by Crippen LogP contribution is -2.52. The number of rotatable bonds is 4. The molecule has 0 spiro atoms. The molecule has 2 rings (SSSR count). The Labute approximate surface area is 120 Å². The second-order valence-electron chi connectivity index (χ2n) is 5.87. The highest BCUT2D eigenvalue weighted by atomic mass is 16.5. The van der Waals surface area contributed by atoms with Gasteiger partial charge in [0.2, 0.25) is 0 Å². The van der Waals surface area contributed by atoms with E-state index in [2.05, 4.69) is 18.7 Å². The molecule has 1 aliphatic rings. The van der Waals surface area contributed by atoms with Gasteiger partial charge in [0.1, 0.15) is 5.75 Å². The summed E-state index contributed by atoms with van der Waals surface area (Å²) in [5.74, 6) is 0.910. The Hall–Kier alpha value is -1.39. The lowest BCUT2D eigenvalue weighted by molar-refractivity contribution is -0.0555. The predicted molar refractivity (Wildman–Crippen MR) is 78.3 cm³/mol. The SMILES string of the molecule is COc1ccc(C(C)=O)cc1CN1CCOCC1(C)C. The molecule has 1 heterocycles. The topological polar surface area (TPSA) is 38.8 Å². The standard InChI is InChI=1S/C16H23NO3/c1-12(18)13-5-6-15(19-4)14(9-13)10-17-7-8-20-11-16(17,2)3/h5-6,9H,7-8,10-11H2,1-4H3. The van der Waals surface area contributed by atoms with E-state index >= 15 is 0 Å². The summed E-state index contributed by atoms with van der Waals surface area (Å²) < 4.78 is 11.0. The van der Waals surface area contributed by atoms with Crippen LogP contribution in [0.3, 0.4) is 0 Å². The Bertz CT molecular complexity index is 496. The third-order valence-corrected chi connectivity index (χ3v) is 3.87. The third-order valence-electron chi connectivity index (χ3n) is 3.87. The molecule has 4 heteroatoms.